The van der Waals surface area contributed by atoms with Crippen LogP contribution in [-0.2, 0) is 4.74 Å². The van der Waals surface area contributed by atoms with Crippen LogP contribution in [-0.4, -0.2) is 22.8 Å². The van der Waals surface area contributed by atoms with Gasteiger partial charge in [-0.15, -0.1) is 0 Å². The SMILES string of the molecule is CC(C)CC(NC(=O)OC(C)(C)C)C(O)c1ccccc1. The van der Waals surface area contributed by atoms with Gasteiger partial charge in [0.15, 0.2) is 0 Å². The zero-order valence-corrected chi connectivity index (χ0v) is 13.6. The van der Waals surface area contributed by atoms with Crippen LogP contribution >= 0.6 is 0 Å². The van der Waals surface area contributed by atoms with Gasteiger partial charge in [0, 0.05) is 0 Å². The van der Waals surface area contributed by atoms with Crippen molar-refractivity contribution in [1.82, 2.24) is 5.32 Å². The Labute approximate surface area is 127 Å². The van der Waals surface area contributed by atoms with E-state index in [1.165, 1.54) is 0 Å². The monoisotopic (exact) mass is 293 g/mol. The van der Waals surface area contributed by atoms with Gasteiger partial charge < -0.3 is 15.2 Å². The highest BCUT2D eigenvalue weighted by Crippen LogP contribution is 2.22. The minimum atomic E-state index is -0.749. The van der Waals surface area contributed by atoms with Crippen LogP contribution in [0, 0.1) is 5.92 Å². The van der Waals surface area contributed by atoms with Gasteiger partial charge in [-0.25, -0.2) is 4.79 Å². The summed E-state index contributed by atoms with van der Waals surface area (Å²) < 4.78 is 5.27. The second kappa shape index (κ2) is 7.46. The molecule has 1 amide bonds. The lowest BCUT2D eigenvalue weighted by atomic mass is 9.95. The summed E-state index contributed by atoms with van der Waals surface area (Å²) in [5.74, 6) is 0.350. The minimum Gasteiger partial charge on any atom is -0.444 e. The van der Waals surface area contributed by atoms with Crippen LogP contribution in [0.25, 0.3) is 0 Å². The molecular weight excluding hydrogens is 266 g/mol. The number of carbonyl (C=O) groups is 1. The van der Waals surface area contributed by atoms with Crippen molar-refractivity contribution in [3.05, 3.63) is 35.9 Å². The van der Waals surface area contributed by atoms with Crippen LogP contribution in [0.3, 0.4) is 0 Å². The first kappa shape index (κ1) is 17.5. The molecule has 118 valence electrons. The highest BCUT2D eigenvalue weighted by atomic mass is 16.6. The van der Waals surface area contributed by atoms with Gasteiger partial charge in [-0.1, -0.05) is 44.2 Å². The second-order valence-electron chi connectivity index (χ2n) is 6.74. The van der Waals surface area contributed by atoms with E-state index in [-0.39, 0.29) is 6.04 Å². The first-order valence-electron chi connectivity index (χ1n) is 7.41. The molecule has 4 heteroatoms. The molecule has 0 aliphatic carbocycles. The predicted molar refractivity (Wildman–Crippen MR) is 84.0 cm³/mol. The molecule has 0 saturated heterocycles. The van der Waals surface area contributed by atoms with Gasteiger partial charge >= 0.3 is 6.09 Å². The Balaban J connectivity index is 2.78. The van der Waals surface area contributed by atoms with Crippen LogP contribution in [0.5, 0.6) is 0 Å². The molecule has 4 nitrogen and oxygen atoms in total. The number of aliphatic hydroxyl groups is 1. The Bertz CT molecular complexity index is 437. The van der Waals surface area contributed by atoms with Crippen molar-refractivity contribution in [3.8, 4) is 0 Å². The fourth-order valence-corrected chi connectivity index (χ4v) is 2.12. The third-order valence-corrected chi connectivity index (χ3v) is 2.95. The lowest BCUT2D eigenvalue weighted by molar-refractivity contribution is 0.0402. The number of ether oxygens (including phenoxy) is 1. The number of carbonyl (C=O) groups excluding carboxylic acids is 1. The highest BCUT2D eigenvalue weighted by Gasteiger charge is 2.26. The second-order valence-corrected chi connectivity index (χ2v) is 6.74. The maximum atomic E-state index is 11.9. The van der Waals surface area contributed by atoms with Gasteiger partial charge in [0.1, 0.15) is 5.60 Å². The van der Waals surface area contributed by atoms with Crippen LogP contribution in [0.4, 0.5) is 4.79 Å². The van der Waals surface area contributed by atoms with Gasteiger partial charge in [0.2, 0.25) is 0 Å². The number of benzene rings is 1. The number of nitrogens with one attached hydrogen (secondary N) is 1. The molecule has 0 radical (unpaired) electrons. The Morgan fingerprint density at radius 3 is 2.29 bits per heavy atom. The molecule has 2 atom stereocenters. The summed E-state index contributed by atoms with van der Waals surface area (Å²) in [7, 11) is 0. The van der Waals surface area contributed by atoms with E-state index in [0.717, 1.165) is 5.56 Å². The van der Waals surface area contributed by atoms with Gasteiger partial charge in [-0.05, 0) is 38.7 Å². The summed E-state index contributed by atoms with van der Waals surface area (Å²) in [5.41, 5.74) is 0.240. The van der Waals surface area contributed by atoms with E-state index < -0.39 is 17.8 Å². The molecule has 0 spiro atoms. The van der Waals surface area contributed by atoms with Crippen LogP contribution in [0.1, 0.15) is 52.7 Å². The predicted octanol–water partition coefficient (Wildman–Crippen LogP) is 3.66. The maximum Gasteiger partial charge on any atom is 0.407 e. The van der Waals surface area contributed by atoms with Crippen molar-refractivity contribution in [2.24, 2.45) is 5.92 Å². The number of amides is 1. The summed E-state index contributed by atoms with van der Waals surface area (Å²) in [4.78, 5) is 11.9. The molecule has 21 heavy (non-hydrogen) atoms. The van der Waals surface area contributed by atoms with E-state index in [2.05, 4.69) is 19.2 Å². The van der Waals surface area contributed by atoms with E-state index in [9.17, 15) is 9.90 Å². The normalized spacial score (nSPS) is 14.6. The highest BCUT2D eigenvalue weighted by molar-refractivity contribution is 5.68. The maximum absolute atomic E-state index is 11.9. The van der Waals surface area contributed by atoms with Gasteiger partial charge in [0.25, 0.3) is 0 Å². The molecule has 0 aromatic heterocycles. The van der Waals surface area contributed by atoms with Gasteiger partial charge in [0.05, 0.1) is 12.1 Å². The van der Waals surface area contributed by atoms with Crippen LogP contribution in [0.2, 0.25) is 0 Å². The zero-order chi connectivity index (χ0) is 16.0. The Kier molecular flexibility index (Phi) is 6.21. The molecule has 2 unspecified atom stereocenters. The van der Waals surface area contributed by atoms with E-state index in [1.54, 1.807) is 0 Å². The summed E-state index contributed by atoms with van der Waals surface area (Å²) >= 11 is 0. The lowest BCUT2D eigenvalue weighted by Gasteiger charge is -2.28. The van der Waals surface area contributed by atoms with Gasteiger partial charge in [-0.3, -0.25) is 0 Å². The molecule has 0 fully saturated rings. The molecule has 0 aliphatic heterocycles. The Hall–Kier alpha value is -1.55. The largest absolute Gasteiger partial charge is 0.444 e. The standard InChI is InChI=1S/C17H27NO3/c1-12(2)11-14(18-16(20)21-17(3,4)5)15(19)13-9-7-6-8-10-13/h6-10,12,14-15,19H,11H2,1-5H3,(H,18,20). The van der Waals surface area contributed by atoms with E-state index >= 15 is 0 Å². The molecule has 1 aromatic rings. The number of aliphatic hydroxyl groups excluding tert-OH is 1. The van der Waals surface area contributed by atoms with Crippen molar-refractivity contribution in [2.75, 3.05) is 0 Å². The van der Waals surface area contributed by atoms with Crippen LogP contribution in [0.15, 0.2) is 30.3 Å². The summed E-state index contributed by atoms with van der Waals surface area (Å²) in [6.45, 7) is 9.57. The van der Waals surface area contributed by atoms with Gasteiger partial charge in [-0.2, -0.15) is 0 Å². The van der Waals surface area contributed by atoms with Crippen LogP contribution < -0.4 is 5.32 Å². The van der Waals surface area contributed by atoms with Crippen molar-refractivity contribution in [3.63, 3.8) is 0 Å². The Morgan fingerprint density at radius 2 is 1.81 bits per heavy atom. The molecule has 1 rings (SSSR count). The smallest absolute Gasteiger partial charge is 0.407 e. The number of alkyl carbamates (subject to hydrolysis) is 1. The molecule has 0 heterocycles. The number of hydrogen-bond donors (Lipinski definition) is 2. The first-order valence-corrected chi connectivity index (χ1v) is 7.41. The molecule has 0 saturated carbocycles. The molecule has 0 bridgehead atoms. The van der Waals surface area contributed by atoms with E-state index in [4.69, 9.17) is 4.74 Å². The third-order valence-electron chi connectivity index (χ3n) is 2.95. The lowest BCUT2D eigenvalue weighted by Crippen LogP contribution is -2.43. The number of rotatable bonds is 5. The number of hydrogen-bond acceptors (Lipinski definition) is 3. The minimum absolute atomic E-state index is 0.350. The first-order chi connectivity index (χ1) is 9.69. The summed E-state index contributed by atoms with van der Waals surface area (Å²) in [5, 5.41) is 13.3. The molecule has 0 aliphatic rings. The molecule has 1 aromatic carbocycles. The van der Waals surface area contributed by atoms with Crippen molar-refractivity contribution in [1.29, 1.82) is 0 Å². The van der Waals surface area contributed by atoms with E-state index in [0.29, 0.717) is 12.3 Å². The third kappa shape index (κ3) is 6.63. The fourth-order valence-electron chi connectivity index (χ4n) is 2.12. The fraction of sp³-hybridized carbons (Fsp3) is 0.588. The topological polar surface area (TPSA) is 58.6 Å². The average molecular weight is 293 g/mol. The molecular formula is C17H27NO3. The average Bonchev–Trinajstić information content (AvgIpc) is 2.35. The summed E-state index contributed by atoms with van der Waals surface area (Å²) in [6.07, 6.45) is -0.570. The summed E-state index contributed by atoms with van der Waals surface area (Å²) in [6, 6.07) is 8.98. The Morgan fingerprint density at radius 1 is 1.24 bits per heavy atom. The van der Waals surface area contributed by atoms with Crippen molar-refractivity contribution in [2.45, 2.75) is 58.8 Å². The molecule has 2 N–H and O–H groups in total. The van der Waals surface area contributed by atoms with Crippen molar-refractivity contribution >= 4 is 6.09 Å². The quantitative estimate of drug-likeness (QED) is 0.871. The zero-order valence-electron chi connectivity index (χ0n) is 13.6. The van der Waals surface area contributed by atoms with E-state index in [1.807, 2.05) is 51.1 Å². The van der Waals surface area contributed by atoms with Crippen molar-refractivity contribution < 1.29 is 14.6 Å².